The fraction of sp³-hybridized carbons (Fsp3) is 1.00. The monoisotopic (exact) mass is 222 g/mol. The lowest BCUT2D eigenvalue weighted by atomic mass is 9.99. The first-order valence-corrected chi connectivity index (χ1v) is 4.72. The first-order chi connectivity index (χ1) is 7.19. The zero-order valence-corrected chi connectivity index (χ0v) is 9.12. The largest absolute Gasteiger partial charge is 0.394 e. The van der Waals surface area contributed by atoms with Gasteiger partial charge in [0.05, 0.1) is 6.61 Å². The lowest BCUT2D eigenvalue weighted by Crippen LogP contribution is -2.60. The molecule has 0 spiro atoms. The highest BCUT2D eigenvalue weighted by Gasteiger charge is 2.45. The molecule has 1 aliphatic rings. The number of aliphatic hydroxyl groups excluding tert-OH is 2. The van der Waals surface area contributed by atoms with Crippen LogP contribution in [0.5, 0.6) is 0 Å². The van der Waals surface area contributed by atoms with Gasteiger partial charge in [-0.2, -0.15) is 0 Å². The van der Waals surface area contributed by atoms with E-state index in [1.165, 1.54) is 21.3 Å². The van der Waals surface area contributed by atoms with E-state index in [-0.39, 0.29) is 6.61 Å². The SMILES string of the molecule is CO[C@@H]1O[C@@H](CO)[C@H](O)[C@@H](OC)[C@@H]1OC. The summed E-state index contributed by atoms with van der Waals surface area (Å²) < 4.78 is 20.6. The average molecular weight is 222 g/mol. The van der Waals surface area contributed by atoms with Gasteiger partial charge in [-0.1, -0.05) is 0 Å². The van der Waals surface area contributed by atoms with Crippen LogP contribution in [-0.4, -0.2) is 68.9 Å². The van der Waals surface area contributed by atoms with Crippen molar-refractivity contribution < 1.29 is 29.2 Å². The summed E-state index contributed by atoms with van der Waals surface area (Å²) in [5.41, 5.74) is 0. The van der Waals surface area contributed by atoms with Crippen LogP contribution in [0, 0.1) is 0 Å². The van der Waals surface area contributed by atoms with Gasteiger partial charge in [0.25, 0.3) is 0 Å². The van der Waals surface area contributed by atoms with Crippen LogP contribution >= 0.6 is 0 Å². The van der Waals surface area contributed by atoms with Crippen molar-refractivity contribution in [3.63, 3.8) is 0 Å². The van der Waals surface area contributed by atoms with Crippen molar-refractivity contribution in [2.45, 2.75) is 30.7 Å². The zero-order chi connectivity index (χ0) is 11.4. The first-order valence-electron chi connectivity index (χ1n) is 4.72. The second kappa shape index (κ2) is 5.74. The molecule has 90 valence electrons. The van der Waals surface area contributed by atoms with E-state index in [2.05, 4.69) is 0 Å². The summed E-state index contributed by atoms with van der Waals surface area (Å²) >= 11 is 0. The van der Waals surface area contributed by atoms with E-state index in [0.29, 0.717) is 0 Å². The Bertz CT molecular complexity index is 187. The molecule has 0 aliphatic carbocycles. The lowest BCUT2D eigenvalue weighted by molar-refractivity contribution is -0.303. The number of hydrogen-bond donors (Lipinski definition) is 2. The Morgan fingerprint density at radius 1 is 1.07 bits per heavy atom. The van der Waals surface area contributed by atoms with Gasteiger partial charge >= 0.3 is 0 Å². The van der Waals surface area contributed by atoms with Crippen LogP contribution in [0.1, 0.15) is 0 Å². The summed E-state index contributed by atoms with van der Waals surface area (Å²) in [5.74, 6) is 0. The third-order valence-corrected chi connectivity index (χ3v) is 2.58. The van der Waals surface area contributed by atoms with Gasteiger partial charge in [-0.25, -0.2) is 0 Å². The van der Waals surface area contributed by atoms with Gasteiger partial charge in [-0.3, -0.25) is 0 Å². The second-order valence-electron chi connectivity index (χ2n) is 3.35. The van der Waals surface area contributed by atoms with E-state index in [1.54, 1.807) is 0 Å². The molecule has 0 amide bonds. The normalized spacial score (nSPS) is 41.8. The quantitative estimate of drug-likeness (QED) is 0.618. The Hall–Kier alpha value is -0.240. The maximum atomic E-state index is 9.80. The number of aliphatic hydroxyl groups is 2. The predicted octanol–water partition coefficient (Wildman–Crippen LogP) is -1.26. The fourth-order valence-corrected chi connectivity index (χ4v) is 1.75. The molecule has 0 aromatic carbocycles. The van der Waals surface area contributed by atoms with Crippen molar-refractivity contribution >= 4 is 0 Å². The van der Waals surface area contributed by atoms with Crippen molar-refractivity contribution in [2.24, 2.45) is 0 Å². The molecule has 0 saturated carbocycles. The van der Waals surface area contributed by atoms with Gasteiger partial charge in [-0.15, -0.1) is 0 Å². The highest BCUT2D eigenvalue weighted by Crippen LogP contribution is 2.25. The Morgan fingerprint density at radius 2 is 1.67 bits per heavy atom. The van der Waals surface area contributed by atoms with Gasteiger partial charge in [-0.05, 0) is 0 Å². The predicted molar refractivity (Wildman–Crippen MR) is 50.4 cm³/mol. The van der Waals surface area contributed by atoms with Crippen LogP contribution in [0.4, 0.5) is 0 Å². The van der Waals surface area contributed by atoms with E-state index < -0.39 is 30.7 Å². The topological polar surface area (TPSA) is 77.4 Å². The van der Waals surface area contributed by atoms with Crippen LogP contribution < -0.4 is 0 Å². The van der Waals surface area contributed by atoms with Crippen LogP contribution in [0.3, 0.4) is 0 Å². The number of hydrogen-bond acceptors (Lipinski definition) is 6. The highest BCUT2D eigenvalue weighted by atomic mass is 16.7. The second-order valence-corrected chi connectivity index (χ2v) is 3.35. The average Bonchev–Trinajstić information content (AvgIpc) is 2.28. The summed E-state index contributed by atoms with van der Waals surface area (Å²) in [4.78, 5) is 0. The van der Waals surface area contributed by atoms with E-state index >= 15 is 0 Å². The third-order valence-electron chi connectivity index (χ3n) is 2.58. The molecule has 6 nitrogen and oxygen atoms in total. The first kappa shape index (κ1) is 12.8. The summed E-state index contributed by atoms with van der Waals surface area (Å²) in [7, 11) is 4.42. The summed E-state index contributed by atoms with van der Waals surface area (Å²) in [6.45, 7) is -0.294. The van der Waals surface area contributed by atoms with Crippen molar-refractivity contribution in [1.82, 2.24) is 0 Å². The maximum absolute atomic E-state index is 9.80. The molecular weight excluding hydrogens is 204 g/mol. The lowest BCUT2D eigenvalue weighted by Gasteiger charge is -2.42. The Labute approximate surface area is 88.7 Å². The van der Waals surface area contributed by atoms with Gasteiger partial charge in [0.2, 0.25) is 0 Å². The molecule has 1 fully saturated rings. The van der Waals surface area contributed by atoms with Crippen molar-refractivity contribution in [3.8, 4) is 0 Å². The van der Waals surface area contributed by atoms with Gasteiger partial charge < -0.3 is 29.2 Å². The van der Waals surface area contributed by atoms with Crippen molar-refractivity contribution in [1.29, 1.82) is 0 Å². The van der Waals surface area contributed by atoms with Gasteiger partial charge in [0, 0.05) is 21.3 Å². The molecule has 1 saturated heterocycles. The molecule has 1 heterocycles. The third kappa shape index (κ3) is 2.47. The van der Waals surface area contributed by atoms with Crippen LogP contribution in [0.25, 0.3) is 0 Å². The molecule has 15 heavy (non-hydrogen) atoms. The maximum Gasteiger partial charge on any atom is 0.186 e. The van der Waals surface area contributed by atoms with Crippen LogP contribution in [0.15, 0.2) is 0 Å². The standard InChI is InChI=1S/C9H18O6/c1-12-7-6(11)5(4-10)15-9(14-3)8(7)13-2/h5-11H,4H2,1-3H3/t5-,6-,7+,8-,9+/m0/s1. The molecule has 0 aromatic rings. The molecule has 1 rings (SSSR count). The molecule has 0 bridgehead atoms. The fourth-order valence-electron chi connectivity index (χ4n) is 1.75. The molecule has 0 unspecified atom stereocenters. The minimum Gasteiger partial charge on any atom is -0.394 e. The highest BCUT2D eigenvalue weighted by molar-refractivity contribution is 4.90. The van der Waals surface area contributed by atoms with E-state index in [0.717, 1.165) is 0 Å². The molecular formula is C9H18O6. The van der Waals surface area contributed by atoms with Crippen molar-refractivity contribution in [2.75, 3.05) is 27.9 Å². The number of ether oxygens (including phenoxy) is 4. The molecule has 0 radical (unpaired) electrons. The number of methoxy groups -OCH3 is 3. The summed E-state index contributed by atoms with van der Waals surface area (Å²) in [6, 6.07) is 0. The van der Waals surface area contributed by atoms with Crippen molar-refractivity contribution in [3.05, 3.63) is 0 Å². The number of rotatable bonds is 4. The minimum absolute atomic E-state index is 0.294. The van der Waals surface area contributed by atoms with E-state index in [4.69, 9.17) is 24.1 Å². The molecule has 0 aromatic heterocycles. The molecule has 5 atom stereocenters. The molecule has 6 heteroatoms. The Morgan fingerprint density at radius 3 is 2.07 bits per heavy atom. The van der Waals surface area contributed by atoms with Gasteiger partial charge in [0.15, 0.2) is 6.29 Å². The smallest absolute Gasteiger partial charge is 0.186 e. The Kier molecular flexibility index (Phi) is 4.91. The summed E-state index contributed by atoms with van der Waals surface area (Å²) in [6.07, 6.45) is -3.40. The van der Waals surface area contributed by atoms with Crippen LogP contribution in [0.2, 0.25) is 0 Å². The zero-order valence-electron chi connectivity index (χ0n) is 9.12. The molecule has 1 aliphatic heterocycles. The Balaban J connectivity index is 2.78. The minimum atomic E-state index is -0.934. The summed E-state index contributed by atoms with van der Waals surface area (Å²) in [5, 5.41) is 18.8. The van der Waals surface area contributed by atoms with Crippen LogP contribution in [-0.2, 0) is 18.9 Å². The van der Waals surface area contributed by atoms with E-state index in [9.17, 15) is 5.11 Å². The van der Waals surface area contributed by atoms with Gasteiger partial charge in [0.1, 0.15) is 24.4 Å². The van der Waals surface area contributed by atoms with E-state index in [1.807, 2.05) is 0 Å². The molecule has 2 N–H and O–H groups in total.